The summed E-state index contributed by atoms with van der Waals surface area (Å²) < 4.78 is 13.7. The van der Waals surface area contributed by atoms with Gasteiger partial charge >= 0.3 is 0 Å². The van der Waals surface area contributed by atoms with Crippen molar-refractivity contribution in [1.82, 2.24) is 13.7 Å². The molecule has 4 nitrogen and oxygen atoms in total. The van der Waals surface area contributed by atoms with Crippen LogP contribution >= 0.6 is 0 Å². The highest BCUT2D eigenvalue weighted by Crippen LogP contribution is 2.41. The predicted octanol–water partition coefficient (Wildman–Crippen LogP) is 14.5. The molecule has 0 spiro atoms. The molecule has 0 fully saturated rings. The van der Waals surface area contributed by atoms with E-state index in [1.54, 1.807) is 0 Å². The van der Waals surface area contributed by atoms with Crippen LogP contribution in [0.1, 0.15) is 0 Å². The topological polar surface area (TPSA) is 27.9 Å². The van der Waals surface area contributed by atoms with Gasteiger partial charge in [0.15, 0.2) is 5.58 Å². The zero-order chi connectivity index (χ0) is 37.9. The number of benzene rings is 9. The van der Waals surface area contributed by atoms with Crippen molar-refractivity contribution in [2.24, 2.45) is 0 Å². The highest BCUT2D eigenvalue weighted by molar-refractivity contribution is 6.15. The van der Waals surface area contributed by atoms with E-state index in [9.17, 15) is 0 Å². The zero-order valence-electron chi connectivity index (χ0n) is 31.3. The number of fused-ring (bicyclic) bond motifs is 12. The summed E-state index contributed by atoms with van der Waals surface area (Å²) in [6.45, 7) is 0. The van der Waals surface area contributed by atoms with Crippen molar-refractivity contribution in [1.29, 1.82) is 0 Å². The molecule has 0 radical (unpaired) electrons. The van der Waals surface area contributed by atoms with Crippen LogP contribution in [0, 0.1) is 0 Å². The van der Waals surface area contributed by atoms with Gasteiger partial charge in [0.05, 0.1) is 38.8 Å². The third kappa shape index (κ3) is 4.34. The van der Waals surface area contributed by atoms with Gasteiger partial charge in [0.1, 0.15) is 5.58 Å². The number of hydrogen-bond acceptors (Lipinski definition) is 1. The number of para-hydroxylation sites is 6. The summed E-state index contributed by atoms with van der Waals surface area (Å²) >= 11 is 0. The van der Waals surface area contributed by atoms with Gasteiger partial charge in [-0.2, -0.15) is 0 Å². The first kappa shape index (κ1) is 31.4. The minimum absolute atomic E-state index is 0.901. The zero-order valence-corrected chi connectivity index (χ0v) is 31.3. The van der Waals surface area contributed by atoms with Crippen LogP contribution in [0.5, 0.6) is 0 Å². The number of rotatable bonds is 4. The van der Waals surface area contributed by atoms with Gasteiger partial charge in [-0.15, -0.1) is 0 Å². The van der Waals surface area contributed by atoms with Gasteiger partial charge in [-0.05, 0) is 96.1 Å². The molecule has 0 atom stereocenters. The normalized spacial score (nSPS) is 12.1. The van der Waals surface area contributed by atoms with E-state index in [0.717, 1.165) is 50.0 Å². The summed E-state index contributed by atoms with van der Waals surface area (Å²) in [5.41, 5.74) is 14.6. The Hall–Kier alpha value is -7.82. The second-order valence-corrected chi connectivity index (χ2v) is 15.3. The molecule has 0 bridgehead atoms. The molecular weight excluding hydrogens is 707 g/mol. The first-order chi connectivity index (χ1) is 28.8. The van der Waals surface area contributed by atoms with Crippen molar-refractivity contribution in [3.63, 3.8) is 0 Å². The average Bonchev–Trinajstić information content (AvgIpc) is 4.02. The molecule has 0 unspecified atom stereocenters. The second kappa shape index (κ2) is 11.8. The summed E-state index contributed by atoms with van der Waals surface area (Å²) in [5.74, 6) is 0. The van der Waals surface area contributed by atoms with Gasteiger partial charge < -0.3 is 18.1 Å². The first-order valence-electron chi connectivity index (χ1n) is 19.8. The molecule has 0 amide bonds. The SMILES string of the molecule is c1ccc(-n2c3ccccc3c3cc(-n4c5ccccc5c5cc(-c6ccc7c(c6)c6ccccc6n7-c6cccc7c6oc6ccccc67)ccc54)ccc32)cc1. The number of hydrogen-bond donors (Lipinski definition) is 0. The number of aromatic nitrogens is 3. The smallest absolute Gasteiger partial charge is 0.159 e. The van der Waals surface area contributed by atoms with E-state index in [0.29, 0.717) is 0 Å². The molecule has 0 aliphatic heterocycles. The van der Waals surface area contributed by atoms with Gasteiger partial charge in [0.25, 0.3) is 0 Å². The molecular formula is C54H33N3O. The molecule has 0 saturated carbocycles. The molecule has 0 saturated heterocycles. The Kier molecular flexibility index (Phi) is 6.41. The minimum Gasteiger partial charge on any atom is -0.454 e. The Morgan fingerprint density at radius 1 is 0.276 bits per heavy atom. The van der Waals surface area contributed by atoms with Crippen LogP contribution in [-0.4, -0.2) is 13.7 Å². The number of furan rings is 1. The lowest BCUT2D eigenvalue weighted by molar-refractivity contribution is 0.666. The Morgan fingerprint density at radius 3 is 1.40 bits per heavy atom. The molecule has 0 aliphatic rings. The first-order valence-corrected chi connectivity index (χ1v) is 19.8. The molecule has 0 aliphatic carbocycles. The molecule has 270 valence electrons. The summed E-state index contributed by atoms with van der Waals surface area (Å²) in [5, 5.41) is 9.65. The fraction of sp³-hybridized carbons (Fsp3) is 0. The maximum absolute atomic E-state index is 6.54. The Bertz CT molecular complexity index is 3800. The van der Waals surface area contributed by atoms with Crippen molar-refractivity contribution in [3.05, 3.63) is 200 Å². The van der Waals surface area contributed by atoms with Crippen molar-refractivity contribution in [3.8, 4) is 28.2 Å². The van der Waals surface area contributed by atoms with Gasteiger partial charge in [-0.25, -0.2) is 0 Å². The molecule has 13 aromatic rings. The minimum atomic E-state index is 0.901. The van der Waals surface area contributed by atoms with Crippen molar-refractivity contribution < 1.29 is 4.42 Å². The second-order valence-electron chi connectivity index (χ2n) is 15.3. The average molecular weight is 740 g/mol. The molecule has 4 heteroatoms. The van der Waals surface area contributed by atoms with Crippen molar-refractivity contribution >= 4 is 87.4 Å². The monoisotopic (exact) mass is 739 g/mol. The van der Waals surface area contributed by atoms with E-state index in [1.807, 2.05) is 6.07 Å². The van der Waals surface area contributed by atoms with Crippen molar-refractivity contribution in [2.45, 2.75) is 0 Å². The quantitative estimate of drug-likeness (QED) is 0.177. The molecule has 0 N–H and O–H groups in total. The third-order valence-corrected chi connectivity index (χ3v) is 12.2. The van der Waals surface area contributed by atoms with Crippen LogP contribution in [0.2, 0.25) is 0 Å². The van der Waals surface area contributed by atoms with Crippen molar-refractivity contribution in [2.75, 3.05) is 0 Å². The summed E-state index contributed by atoms with van der Waals surface area (Å²) in [4.78, 5) is 0. The summed E-state index contributed by atoms with van der Waals surface area (Å²) in [6, 6.07) is 72.5. The van der Waals surface area contributed by atoms with Gasteiger partial charge in [-0.1, -0.05) is 115 Å². The van der Waals surface area contributed by atoms with Gasteiger partial charge in [0, 0.05) is 54.5 Å². The lowest BCUT2D eigenvalue weighted by Gasteiger charge is -2.11. The molecule has 58 heavy (non-hydrogen) atoms. The van der Waals surface area contributed by atoms with Gasteiger partial charge in [-0.3, -0.25) is 0 Å². The standard InChI is InChI=1S/C54H33N3O/c1-2-13-36(14-3-1)55-46-20-8-5-17-40(46)45-33-37(27-30-50(45)55)56-47-21-9-4-15-38(47)43-31-34(25-28-49(43)56)35-26-29-51-44(32-35)39-16-6-10-22-48(39)57(51)52-23-12-19-42-41-18-7-11-24-53(41)58-54(42)52/h1-33H. The summed E-state index contributed by atoms with van der Waals surface area (Å²) in [7, 11) is 0. The van der Waals surface area contributed by atoms with Crippen LogP contribution < -0.4 is 0 Å². The van der Waals surface area contributed by atoms with E-state index >= 15 is 0 Å². The van der Waals surface area contributed by atoms with E-state index in [-0.39, 0.29) is 0 Å². The molecule has 4 aromatic heterocycles. The molecule has 9 aromatic carbocycles. The summed E-state index contributed by atoms with van der Waals surface area (Å²) in [6.07, 6.45) is 0. The number of nitrogens with zero attached hydrogens (tertiary/aromatic N) is 3. The lowest BCUT2D eigenvalue weighted by Crippen LogP contribution is -1.95. The Labute approximate surface area is 332 Å². The van der Waals surface area contributed by atoms with Crippen LogP contribution in [0.25, 0.3) is 116 Å². The fourth-order valence-corrected chi connectivity index (χ4v) is 9.71. The predicted molar refractivity (Wildman–Crippen MR) is 242 cm³/mol. The largest absolute Gasteiger partial charge is 0.454 e. The fourth-order valence-electron chi connectivity index (χ4n) is 9.71. The maximum Gasteiger partial charge on any atom is 0.159 e. The van der Waals surface area contributed by atoms with Crippen LogP contribution in [-0.2, 0) is 0 Å². The van der Waals surface area contributed by atoms with E-state index in [1.165, 1.54) is 65.5 Å². The van der Waals surface area contributed by atoms with Gasteiger partial charge in [0.2, 0.25) is 0 Å². The van der Waals surface area contributed by atoms with Crippen LogP contribution in [0.4, 0.5) is 0 Å². The highest BCUT2D eigenvalue weighted by Gasteiger charge is 2.20. The van der Waals surface area contributed by atoms with Crippen LogP contribution in [0.15, 0.2) is 205 Å². The third-order valence-electron chi connectivity index (χ3n) is 12.2. The van der Waals surface area contributed by atoms with E-state index in [4.69, 9.17) is 4.42 Å². The van der Waals surface area contributed by atoms with E-state index < -0.39 is 0 Å². The lowest BCUT2D eigenvalue weighted by atomic mass is 10.0. The Morgan fingerprint density at radius 2 is 0.741 bits per heavy atom. The van der Waals surface area contributed by atoms with E-state index in [2.05, 4.69) is 208 Å². The molecule has 13 rings (SSSR count). The highest BCUT2D eigenvalue weighted by atomic mass is 16.3. The Balaban J connectivity index is 0.986. The van der Waals surface area contributed by atoms with Crippen LogP contribution in [0.3, 0.4) is 0 Å². The molecule has 4 heterocycles. The maximum atomic E-state index is 6.54.